The van der Waals surface area contributed by atoms with Crippen LogP contribution in [0.2, 0.25) is 0 Å². The Balaban J connectivity index is 1.69. The van der Waals surface area contributed by atoms with E-state index in [2.05, 4.69) is 15.9 Å². The lowest BCUT2D eigenvalue weighted by Gasteiger charge is -2.51. The van der Waals surface area contributed by atoms with Crippen LogP contribution in [0.25, 0.3) is 10.9 Å². The van der Waals surface area contributed by atoms with Crippen LogP contribution in [-0.2, 0) is 16.6 Å². The van der Waals surface area contributed by atoms with Crippen LogP contribution in [0.5, 0.6) is 0 Å². The number of benzene rings is 1. The number of rotatable bonds is 4. The molecule has 0 saturated carbocycles. The van der Waals surface area contributed by atoms with Gasteiger partial charge in [-0.1, -0.05) is 34.1 Å². The van der Waals surface area contributed by atoms with Crippen LogP contribution in [0.15, 0.2) is 30.3 Å². The first-order valence-corrected chi connectivity index (χ1v) is 10.4. The lowest BCUT2D eigenvalue weighted by molar-refractivity contribution is -0.163. The highest BCUT2D eigenvalue weighted by molar-refractivity contribution is 9.10. The zero-order chi connectivity index (χ0) is 20.6. The van der Waals surface area contributed by atoms with Gasteiger partial charge in [0.1, 0.15) is 17.5 Å². The molecule has 1 aromatic heterocycles. The van der Waals surface area contributed by atoms with Crippen molar-refractivity contribution in [2.45, 2.75) is 40.4 Å². The van der Waals surface area contributed by atoms with Crippen molar-refractivity contribution in [3.05, 3.63) is 36.0 Å². The van der Waals surface area contributed by atoms with Gasteiger partial charge in [-0.25, -0.2) is 4.79 Å². The minimum atomic E-state index is -1.64. The Morgan fingerprint density at radius 3 is 2.54 bits per heavy atom. The minimum absolute atomic E-state index is 0.288. The number of amides is 1. The van der Waals surface area contributed by atoms with Crippen molar-refractivity contribution in [1.82, 2.24) is 9.47 Å². The summed E-state index contributed by atoms with van der Waals surface area (Å²) >= 11 is 4.59. The van der Waals surface area contributed by atoms with Gasteiger partial charge in [0.25, 0.3) is 0 Å². The van der Waals surface area contributed by atoms with Crippen molar-refractivity contribution in [1.29, 1.82) is 0 Å². The summed E-state index contributed by atoms with van der Waals surface area (Å²) in [5.74, 6) is -2.26. The van der Waals surface area contributed by atoms with Gasteiger partial charge in [-0.3, -0.25) is 9.59 Å². The third-order valence-corrected chi connectivity index (χ3v) is 8.77. The fraction of sp³-hybridized carbons (Fsp3) is 0.421. The molecule has 2 unspecified atom stereocenters. The summed E-state index contributed by atoms with van der Waals surface area (Å²) < 4.78 is -0.610. The van der Waals surface area contributed by atoms with Crippen molar-refractivity contribution in [2.24, 2.45) is 7.05 Å². The van der Waals surface area contributed by atoms with Gasteiger partial charge in [0.15, 0.2) is 4.32 Å². The largest absolute Gasteiger partial charge is 0.480 e. The number of ketones is 1. The molecule has 28 heavy (non-hydrogen) atoms. The molecule has 2 aromatic rings. The normalized spacial score (nSPS) is 29.5. The maximum absolute atomic E-state index is 13.1. The minimum Gasteiger partial charge on any atom is -0.480 e. The van der Waals surface area contributed by atoms with Crippen LogP contribution in [0.4, 0.5) is 0 Å². The second-order valence-corrected chi connectivity index (χ2v) is 10.8. The monoisotopic (exact) mass is 466 g/mol. The van der Waals surface area contributed by atoms with Crippen LogP contribution >= 0.6 is 27.7 Å². The Kier molecular flexibility index (Phi) is 4.23. The number of nitrogens with zero attached hydrogens (tertiary/aromatic N) is 2. The number of Topliss-reactive ketones (excluding diaryl/α,β-unsaturated/α-hetero) is 1. The zero-order valence-electron chi connectivity index (χ0n) is 15.4. The summed E-state index contributed by atoms with van der Waals surface area (Å²) in [6.07, 6.45) is -1.64. The number of thioether (sulfide) groups is 1. The van der Waals surface area contributed by atoms with Gasteiger partial charge in [0, 0.05) is 22.7 Å². The van der Waals surface area contributed by atoms with E-state index in [1.807, 2.05) is 24.3 Å². The van der Waals surface area contributed by atoms with Gasteiger partial charge in [-0.15, -0.1) is 11.8 Å². The molecule has 2 aliphatic heterocycles. The van der Waals surface area contributed by atoms with E-state index in [4.69, 9.17) is 0 Å². The smallest absolute Gasteiger partial charge is 0.327 e. The molecule has 0 spiro atoms. The van der Waals surface area contributed by atoms with E-state index in [0.717, 1.165) is 10.9 Å². The number of carbonyl (C=O) groups excluding carboxylic acids is 2. The molecular weight excluding hydrogens is 448 g/mol. The summed E-state index contributed by atoms with van der Waals surface area (Å²) in [4.78, 5) is 38.9. The Labute approximate surface area is 173 Å². The van der Waals surface area contributed by atoms with Gasteiger partial charge in [0.2, 0.25) is 11.7 Å². The van der Waals surface area contributed by atoms with Crippen LogP contribution in [-0.4, -0.2) is 63.9 Å². The van der Waals surface area contributed by atoms with E-state index in [1.54, 1.807) is 31.5 Å². The topological polar surface area (TPSA) is 99.8 Å². The fourth-order valence-electron chi connectivity index (χ4n) is 4.15. The third-order valence-electron chi connectivity index (χ3n) is 5.61. The Morgan fingerprint density at radius 2 is 1.93 bits per heavy atom. The first kappa shape index (κ1) is 19.5. The molecular formula is C19H19BrN2O5S. The maximum Gasteiger partial charge on any atom is 0.327 e. The summed E-state index contributed by atoms with van der Waals surface area (Å²) in [6.45, 7) is 3.49. The van der Waals surface area contributed by atoms with E-state index in [0.29, 0.717) is 0 Å². The number of hydrogen-bond donors (Lipinski definition) is 2. The van der Waals surface area contributed by atoms with Crippen molar-refractivity contribution >= 4 is 56.3 Å². The van der Waals surface area contributed by atoms with Gasteiger partial charge in [-0.05, 0) is 26.0 Å². The Bertz CT molecular complexity index is 1030. The zero-order valence-corrected chi connectivity index (χ0v) is 17.8. The number of fused-ring (bicyclic) bond motifs is 2. The summed E-state index contributed by atoms with van der Waals surface area (Å²) in [5.41, 5.74) is 1.13. The van der Waals surface area contributed by atoms with Crippen molar-refractivity contribution in [3.63, 3.8) is 0 Å². The molecule has 0 radical (unpaired) electrons. The number of carboxylic acids is 1. The Morgan fingerprint density at radius 1 is 1.29 bits per heavy atom. The van der Waals surface area contributed by atoms with Gasteiger partial charge in [0.05, 0.1) is 5.69 Å². The number of aliphatic carboxylic acids is 1. The highest BCUT2D eigenvalue weighted by Gasteiger charge is 2.73. The second kappa shape index (κ2) is 6.08. The number of para-hydroxylation sites is 1. The first-order chi connectivity index (χ1) is 13.0. The molecule has 148 valence electrons. The molecule has 2 saturated heterocycles. The lowest BCUT2D eigenvalue weighted by atomic mass is 9.85. The molecule has 2 fully saturated rings. The van der Waals surface area contributed by atoms with E-state index < -0.39 is 44.3 Å². The van der Waals surface area contributed by atoms with Crippen LogP contribution in [0.3, 0.4) is 0 Å². The molecule has 0 bridgehead atoms. The molecule has 0 aliphatic carbocycles. The van der Waals surface area contributed by atoms with Crippen LogP contribution in [0, 0.1) is 0 Å². The number of aliphatic hydroxyl groups is 1. The molecule has 2 N–H and O–H groups in total. The number of hydrogen-bond acceptors (Lipinski definition) is 5. The van der Waals surface area contributed by atoms with Gasteiger partial charge < -0.3 is 19.7 Å². The quantitative estimate of drug-likeness (QED) is 0.406. The molecule has 2 aliphatic rings. The second-order valence-electron chi connectivity index (χ2n) is 7.71. The number of aliphatic hydroxyl groups excluding tert-OH is 1. The number of aromatic nitrogens is 1. The lowest BCUT2D eigenvalue weighted by Crippen LogP contribution is -2.75. The number of aryl methyl sites for hydroxylation is 1. The molecule has 3 heterocycles. The number of β-lactam (4-membered cyclic amide) rings is 1. The average molecular weight is 467 g/mol. The summed E-state index contributed by atoms with van der Waals surface area (Å²) in [5, 5.41) is 20.6. The predicted octanol–water partition coefficient (Wildman–Crippen LogP) is 2.00. The number of halogens is 1. The van der Waals surface area contributed by atoms with Gasteiger partial charge >= 0.3 is 5.97 Å². The molecule has 4 rings (SSSR count). The van der Waals surface area contributed by atoms with E-state index in [1.165, 1.54) is 16.7 Å². The standard InChI is InChI=1S/C19H19BrN2O5S/c1-18(2)13(15(25)26)22-16(27)19(20,17(22)28-18)14(24)12(23)11-8-9-6-4-5-7-10(9)21(11)3/h4-8,13-14,17,24H,1-3H3,(H,25,26)/t13-,14?,17+,19?/m0/s1. The molecule has 4 atom stereocenters. The van der Waals surface area contributed by atoms with Crippen LogP contribution in [0.1, 0.15) is 24.3 Å². The molecule has 1 aromatic carbocycles. The number of carboxylic acid groups (broad SMARTS) is 1. The van der Waals surface area contributed by atoms with Crippen LogP contribution < -0.4 is 0 Å². The van der Waals surface area contributed by atoms with Crippen molar-refractivity contribution < 1.29 is 24.6 Å². The summed E-state index contributed by atoms with van der Waals surface area (Å²) in [6, 6.07) is 8.12. The molecule has 9 heteroatoms. The van der Waals surface area contributed by atoms with E-state index >= 15 is 0 Å². The third kappa shape index (κ3) is 2.36. The molecule has 7 nitrogen and oxygen atoms in total. The van der Waals surface area contributed by atoms with E-state index in [-0.39, 0.29) is 5.69 Å². The average Bonchev–Trinajstić information content (AvgIpc) is 3.12. The highest BCUT2D eigenvalue weighted by atomic mass is 79.9. The Hall–Kier alpha value is -1.84. The number of alkyl halides is 1. The first-order valence-electron chi connectivity index (χ1n) is 8.71. The highest BCUT2D eigenvalue weighted by Crippen LogP contribution is 2.59. The van der Waals surface area contributed by atoms with Crippen molar-refractivity contribution in [3.8, 4) is 0 Å². The number of carbonyl (C=O) groups is 3. The predicted molar refractivity (Wildman–Crippen MR) is 109 cm³/mol. The summed E-state index contributed by atoms with van der Waals surface area (Å²) in [7, 11) is 1.73. The van der Waals surface area contributed by atoms with E-state index in [9.17, 15) is 24.6 Å². The SMILES string of the molecule is Cn1c(C(=O)C(O)C2(Br)C(=O)N3[C@@H](C(=O)O)C(C)(C)S[C@@H]32)cc2ccccc21. The van der Waals surface area contributed by atoms with Gasteiger partial charge in [-0.2, -0.15) is 0 Å². The molecule has 1 amide bonds. The van der Waals surface area contributed by atoms with Crippen molar-refractivity contribution in [2.75, 3.05) is 0 Å². The maximum atomic E-state index is 13.1. The fourth-order valence-corrected chi connectivity index (χ4v) is 6.72.